The first-order valence-corrected chi connectivity index (χ1v) is 9.38. The van der Waals surface area contributed by atoms with Gasteiger partial charge in [0.2, 0.25) is 0 Å². The van der Waals surface area contributed by atoms with E-state index in [1.165, 1.54) is 0 Å². The third-order valence-electron chi connectivity index (χ3n) is 4.11. The minimum Gasteiger partial charge on any atom is -0.493 e. The highest BCUT2D eigenvalue weighted by molar-refractivity contribution is 7.07. The number of likely N-dealkylation sites (N-methyl/N-ethyl adjacent to an activating group) is 1. The summed E-state index contributed by atoms with van der Waals surface area (Å²) >= 11 is 1.57. The van der Waals surface area contributed by atoms with Gasteiger partial charge in [0, 0.05) is 30.5 Å². The average molecular weight is 360 g/mol. The molecule has 5 nitrogen and oxygen atoms in total. The Hall–Kier alpha value is -2.08. The lowest BCUT2D eigenvalue weighted by molar-refractivity contribution is 0.0281. The zero-order valence-corrected chi connectivity index (χ0v) is 15.9. The van der Waals surface area contributed by atoms with E-state index in [1.807, 2.05) is 43.8 Å². The molecule has 6 heteroatoms. The Kier molecular flexibility index (Phi) is 4.99. The SMILES string of the molecule is CN(C[C@@H]1CCOc2c(-c3cscn3)cccc21)C(=O)OC(C)(C)C. The van der Waals surface area contributed by atoms with Crippen LogP contribution in [0.25, 0.3) is 11.3 Å². The van der Waals surface area contributed by atoms with E-state index in [2.05, 4.69) is 11.1 Å². The van der Waals surface area contributed by atoms with Gasteiger partial charge in [0.15, 0.2) is 0 Å². The molecule has 1 amide bonds. The summed E-state index contributed by atoms with van der Waals surface area (Å²) in [7, 11) is 1.79. The molecule has 0 spiro atoms. The third-order valence-corrected chi connectivity index (χ3v) is 4.69. The number of nitrogens with zero attached hydrogens (tertiary/aromatic N) is 2. The van der Waals surface area contributed by atoms with Gasteiger partial charge in [-0.1, -0.05) is 12.1 Å². The fourth-order valence-electron chi connectivity index (χ4n) is 2.98. The number of amides is 1. The van der Waals surface area contributed by atoms with Gasteiger partial charge in [0.1, 0.15) is 11.4 Å². The molecule has 1 aromatic heterocycles. The highest BCUT2D eigenvalue weighted by Gasteiger charge is 2.28. The number of benzene rings is 1. The van der Waals surface area contributed by atoms with E-state index in [-0.39, 0.29) is 12.0 Å². The molecule has 2 heterocycles. The second kappa shape index (κ2) is 7.04. The highest BCUT2D eigenvalue weighted by Crippen LogP contribution is 2.41. The summed E-state index contributed by atoms with van der Waals surface area (Å²) in [6, 6.07) is 6.15. The van der Waals surface area contributed by atoms with Crippen LogP contribution in [0.5, 0.6) is 5.75 Å². The van der Waals surface area contributed by atoms with Crippen LogP contribution < -0.4 is 4.74 Å². The minimum atomic E-state index is -0.489. The Bertz CT molecular complexity index is 738. The van der Waals surface area contributed by atoms with Gasteiger partial charge in [-0.3, -0.25) is 0 Å². The van der Waals surface area contributed by atoms with E-state index in [9.17, 15) is 4.79 Å². The molecular weight excluding hydrogens is 336 g/mol. The van der Waals surface area contributed by atoms with Crippen molar-refractivity contribution >= 4 is 17.4 Å². The van der Waals surface area contributed by atoms with Crippen molar-refractivity contribution in [3.05, 3.63) is 34.7 Å². The molecule has 25 heavy (non-hydrogen) atoms. The number of carbonyl (C=O) groups is 1. The van der Waals surface area contributed by atoms with Crippen molar-refractivity contribution in [3.63, 3.8) is 0 Å². The summed E-state index contributed by atoms with van der Waals surface area (Å²) in [4.78, 5) is 18.3. The summed E-state index contributed by atoms with van der Waals surface area (Å²) in [6.45, 7) is 6.88. The Labute approximate surface area is 152 Å². The summed E-state index contributed by atoms with van der Waals surface area (Å²) in [5, 5.41) is 2.02. The molecule has 3 rings (SSSR count). The van der Waals surface area contributed by atoms with Crippen molar-refractivity contribution in [2.45, 2.75) is 38.7 Å². The molecule has 0 N–H and O–H groups in total. The topological polar surface area (TPSA) is 51.7 Å². The number of rotatable bonds is 3. The molecule has 0 unspecified atom stereocenters. The number of hydrogen-bond acceptors (Lipinski definition) is 5. The van der Waals surface area contributed by atoms with Crippen LogP contribution >= 0.6 is 11.3 Å². The summed E-state index contributed by atoms with van der Waals surface area (Å²) in [5.41, 5.74) is 4.42. The quantitative estimate of drug-likeness (QED) is 0.806. The lowest BCUT2D eigenvalue weighted by atomic mass is 9.90. The van der Waals surface area contributed by atoms with E-state index >= 15 is 0 Å². The van der Waals surface area contributed by atoms with Gasteiger partial charge in [0.25, 0.3) is 0 Å². The minimum absolute atomic E-state index is 0.222. The lowest BCUT2D eigenvalue weighted by Gasteiger charge is -2.31. The predicted octanol–water partition coefficient (Wildman–Crippen LogP) is 4.54. The maximum absolute atomic E-state index is 12.3. The number of ether oxygens (including phenoxy) is 2. The summed E-state index contributed by atoms with van der Waals surface area (Å²) in [5.74, 6) is 1.11. The van der Waals surface area contributed by atoms with Gasteiger partial charge in [0.05, 0.1) is 17.8 Å². The second-order valence-electron chi connectivity index (χ2n) is 7.29. The Morgan fingerprint density at radius 3 is 2.92 bits per heavy atom. The van der Waals surface area contributed by atoms with Gasteiger partial charge in [-0.05, 0) is 38.8 Å². The maximum Gasteiger partial charge on any atom is 0.410 e. The number of fused-ring (bicyclic) bond motifs is 1. The van der Waals surface area contributed by atoms with Crippen LogP contribution in [0.3, 0.4) is 0 Å². The van der Waals surface area contributed by atoms with Gasteiger partial charge < -0.3 is 14.4 Å². The van der Waals surface area contributed by atoms with Crippen molar-refractivity contribution in [1.29, 1.82) is 0 Å². The second-order valence-corrected chi connectivity index (χ2v) is 8.01. The molecule has 1 aliphatic rings. The van der Waals surface area contributed by atoms with Crippen molar-refractivity contribution in [2.24, 2.45) is 0 Å². The van der Waals surface area contributed by atoms with Crippen molar-refractivity contribution < 1.29 is 14.3 Å². The van der Waals surface area contributed by atoms with Crippen LogP contribution in [-0.2, 0) is 4.74 Å². The fourth-order valence-corrected chi connectivity index (χ4v) is 3.53. The monoisotopic (exact) mass is 360 g/mol. The highest BCUT2D eigenvalue weighted by atomic mass is 32.1. The van der Waals surface area contributed by atoms with E-state index < -0.39 is 5.60 Å². The maximum atomic E-state index is 12.3. The van der Waals surface area contributed by atoms with Crippen LogP contribution in [0, 0.1) is 0 Å². The van der Waals surface area contributed by atoms with Crippen molar-refractivity contribution in [3.8, 4) is 17.0 Å². The number of para-hydroxylation sites is 1. The first-order chi connectivity index (χ1) is 11.8. The number of thiazole rings is 1. The number of carbonyl (C=O) groups excluding carboxylic acids is 1. The van der Waals surface area contributed by atoms with E-state index in [4.69, 9.17) is 9.47 Å². The molecule has 1 aliphatic heterocycles. The largest absolute Gasteiger partial charge is 0.493 e. The molecule has 2 aromatic rings. The van der Waals surface area contributed by atoms with Gasteiger partial charge in [-0.25, -0.2) is 9.78 Å². The molecule has 1 atom stereocenters. The smallest absolute Gasteiger partial charge is 0.410 e. The summed E-state index contributed by atoms with van der Waals surface area (Å²) < 4.78 is 11.4. The molecular formula is C19H24N2O3S. The summed E-state index contributed by atoms with van der Waals surface area (Å²) in [6.07, 6.45) is 0.580. The molecule has 1 aromatic carbocycles. The Morgan fingerprint density at radius 2 is 2.24 bits per heavy atom. The molecule has 0 aliphatic carbocycles. The predicted molar refractivity (Wildman–Crippen MR) is 99.3 cm³/mol. The number of hydrogen-bond donors (Lipinski definition) is 0. The Balaban J connectivity index is 1.80. The van der Waals surface area contributed by atoms with Crippen LogP contribution in [-0.4, -0.2) is 41.8 Å². The first-order valence-electron chi connectivity index (χ1n) is 8.43. The van der Waals surface area contributed by atoms with Crippen LogP contribution in [0.2, 0.25) is 0 Å². The number of aromatic nitrogens is 1. The molecule has 0 bridgehead atoms. The van der Waals surface area contributed by atoms with Gasteiger partial charge in [-0.2, -0.15) is 0 Å². The Morgan fingerprint density at radius 1 is 1.44 bits per heavy atom. The zero-order chi connectivity index (χ0) is 18.0. The molecule has 0 saturated carbocycles. The third kappa shape index (κ3) is 4.12. The van der Waals surface area contributed by atoms with E-state index in [1.54, 1.807) is 23.3 Å². The van der Waals surface area contributed by atoms with Crippen LogP contribution in [0.1, 0.15) is 38.7 Å². The zero-order valence-electron chi connectivity index (χ0n) is 15.1. The molecule has 134 valence electrons. The average Bonchev–Trinajstić information content (AvgIpc) is 3.07. The van der Waals surface area contributed by atoms with E-state index in [0.29, 0.717) is 13.2 Å². The first kappa shape index (κ1) is 17.7. The van der Waals surface area contributed by atoms with Crippen LogP contribution in [0.4, 0.5) is 4.79 Å². The molecule has 0 saturated heterocycles. The molecule has 0 fully saturated rings. The van der Waals surface area contributed by atoms with Crippen molar-refractivity contribution in [2.75, 3.05) is 20.2 Å². The van der Waals surface area contributed by atoms with E-state index in [0.717, 1.165) is 29.0 Å². The van der Waals surface area contributed by atoms with Crippen molar-refractivity contribution in [1.82, 2.24) is 9.88 Å². The van der Waals surface area contributed by atoms with Gasteiger partial charge in [-0.15, -0.1) is 11.3 Å². The molecule has 0 radical (unpaired) electrons. The van der Waals surface area contributed by atoms with Crippen LogP contribution in [0.15, 0.2) is 29.1 Å². The van der Waals surface area contributed by atoms with Gasteiger partial charge >= 0.3 is 6.09 Å². The normalized spacial score (nSPS) is 16.7. The standard InChI is InChI=1S/C19H24N2O3S/c1-19(2,3)24-18(22)21(4)10-13-8-9-23-17-14(13)6-5-7-15(17)16-11-25-12-20-16/h5-7,11-13H,8-10H2,1-4H3/t13-/m0/s1. The fraction of sp³-hybridized carbons (Fsp3) is 0.474. The lowest BCUT2D eigenvalue weighted by Crippen LogP contribution is -2.37.